The third kappa shape index (κ3) is 7.28. The van der Waals surface area contributed by atoms with Crippen molar-refractivity contribution in [3.05, 3.63) is 107 Å². The van der Waals surface area contributed by atoms with Crippen molar-refractivity contribution < 1.29 is 19.6 Å². The highest BCUT2D eigenvalue weighted by molar-refractivity contribution is 6.12. The van der Waals surface area contributed by atoms with Gasteiger partial charge in [0.2, 0.25) is 5.91 Å². The van der Waals surface area contributed by atoms with Gasteiger partial charge in [0.25, 0.3) is 0 Å². The number of carbonyl (C=O) groups is 1. The zero-order chi connectivity index (χ0) is 23.5. The summed E-state index contributed by atoms with van der Waals surface area (Å²) in [6.07, 6.45) is 0.347. The maximum atomic E-state index is 13.2. The Labute approximate surface area is 192 Å². The largest absolute Gasteiger partial charge is 0.411 e. The molecule has 0 radical (unpaired) electrons. The van der Waals surface area contributed by atoms with Gasteiger partial charge in [0, 0.05) is 25.9 Å². The van der Waals surface area contributed by atoms with Gasteiger partial charge in [0.05, 0.1) is 11.4 Å². The molecule has 170 valence electrons. The van der Waals surface area contributed by atoms with E-state index in [1.165, 1.54) is 24.3 Å². The molecule has 1 amide bonds. The molecule has 0 fully saturated rings. The molecule has 0 saturated carbocycles. The van der Waals surface area contributed by atoms with Crippen molar-refractivity contribution in [2.24, 2.45) is 10.3 Å². The average Bonchev–Trinajstić information content (AvgIpc) is 2.85. The van der Waals surface area contributed by atoms with Crippen molar-refractivity contribution in [1.29, 1.82) is 0 Å². The van der Waals surface area contributed by atoms with E-state index in [0.29, 0.717) is 24.4 Å². The van der Waals surface area contributed by atoms with E-state index in [-0.39, 0.29) is 30.9 Å². The first-order valence-corrected chi connectivity index (χ1v) is 10.6. The highest BCUT2D eigenvalue weighted by Gasteiger charge is 2.17. The highest BCUT2D eigenvalue weighted by atomic mass is 19.1. The fourth-order valence-corrected chi connectivity index (χ4v) is 3.45. The Morgan fingerprint density at radius 1 is 0.758 bits per heavy atom. The molecule has 2 N–H and O–H groups in total. The molecule has 0 heterocycles. The number of amides is 1. The first kappa shape index (κ1) is 23.7. The Bertz CT molecular complexity index is 1040. The summed E-state index contributed by atoms with van der Waals surface area (Å²) in [6.45, 7) is 0.915. The highest BCUT2D eigenvalue weighted by Crippen LogP contribution is 2.14. The number of hydrogen-bond acceptors (Lipinski definition) is 5. The van der Waals surface area contributed by atoms with Gasteiger partial charge < -0.3 is 15.3 Å². The third-order valence-corrected chi connectivity index (χ3v) is 5.22. The lowest BCUT2D eigenvalue weighted by Gasteiger charge is -2.23. The van der Waals surface area contributed by atoms with Gasteiger partial charge in [-0.3, -0.25) is 4.79 Å². The molecule has 3 aromatic rings. The van der Waals surface area contributed by atoms with Crippen molar-refractivity contribution in [3.63, 3.8) is 0 Å². The van der Waals surface area contributed by atoms with Crippen LogP contribution in [-0.4, -0.2) is 32.6 Å². The summed E-state index contributed by atoms with van der Waals surface area (Å²) in [5.74, 6) is -0.497. The molecule has 0 bridgehead atoms. The lowest BCUT2D eigenvalue weighted by Crippen LogP contribution is -2.30. The van der Waals surface area contributed by atoms with E-state index in [4.69, 9.17) is 0 Å². The number of hydrogen-bond donors (Lipinski definition) is 2. The molecule has 0 spiro atoms. The molecule has 0 saturated heterocycles. The van der Waals surface area contributed by atoms with Gasteiger partial charge in [-0.1, -0.05) is 83.1 Å². The number of benzene rings is 3. The van der Waals surface area contributed by atoms with E-state index in [9.17, 15) is 19.6 Å². The van der Waals surface area contributed by atoms with Gasteiger partial charge in [0.1, 0.15) is 5.82 Å². The first-order chi connectivity index (χ1) is 16.1. The van der Waals surface area contributed by atoms with Crippen LogP contribution < -0.4 is 0 Å². The zero-order valence-corrected chi connectivity index (χ0v) is 18.1. The second-order valence-electron chi connectivity index (χ2n) is 7.62. The van der Waals surface area contributed by atoms with Crippen molar-refractivity contribution >= 4 is 17.3 Å². The van der Waals surface area contributed by atoms with Crippen LogP contribution in [0.5, 0.6) is 0 Å². The number of carbonyl (C=O) groups excluding carboxylic acids is 1. The fraction of sp³-hybridized carbons (Fsp3) is 0.192. The fourth-order valence-electron chi connectivity index (χ4n) is 3.45. The van der Waals surface area contributed by atoms with Crippen LogP contribution in [0.4, 0.5) is 4.39 Å². The smallest absolute Gasteiger partial charge is 0.223 e. The van der Waals surface area contributed by atoms with E-state index in [1.807, 2.05) is 60.7 Å². The molecule has 0 aliphatic rings. The summed E-state index contributed by atoms with van der Waals surface area (Å²) in [5.41, 5.74) is 3.05. The van der Waals surface area contributed by atoms with E-state index in [1.54, 1.807) is 4.90 Å². The van der Waals surface area contributed by atoms with Gasteiger partial charge in [-0.25, -0.2) is 4.39 Å². The quantitative estimate of drug-likeness (QED) is 0.253. The van der Waals surface area contributed by atoms with E-state index in [0.717, 1.165) is 11.1 Å². The van der Waals surface area contributed by atoms with Crippen LogP contribution in [0.15, 0.2) is 95.2 Å². The van der Waals surface area contributed by atoms with Crippen molar-refractivity contribution in [3.8, 4) is 0 Å². The first-order valence-electron chi connectivity index (χ1n) is 10.6. The Morgan fingerprint density at radius 2 is 1.30 bits per heavy atom. The summed E-state index contributed by atoms with van der Waals surface area (Å²) in [5, 5.41) is 25.4. The molecular weight excluding hydrogens is 421 g/mol. The van der Waals surface area contributed by atoms with Crippen LogP contribution in [-0.2, 0) is 17.9 Å². The topological polar surface area (TPSA) is 85.5 Å². The van der Waals surface area contributed by atoms with Crippen LogP contribution in [0.1, 0.15) is 36.0 Å². The molecule has 6 nitrogen and oxygen atoms in total. The summed E-state index contributed by atoms with van der Waals surface area (Å²) in [7, 11) is 0. The lowest BCUT2D eigenvalue weighted by molar-refractivity contribution is -0.132. The molecule has 0 aliphatic heterocycles. The normalized spacial score (nSPS) is 11.9. The molecule has 7 heteroatoms. The molecule has 0 unspecified atom stereocenters. The van der Waals surface area contributed by atoms with Gasteiger partial charge >= 0.3 is 0 Å². The van der Waals surface area contributed by atoms with Crippen LogP contribution in [0.2, 0.25) is 0 Å². The van der Waals surface area contributed by atoms with E-state index in [2.05, 4.69) is 10.3 Å². The van der Waals surface area contributed by atoms with Crippen LogP contribution >= 0.6 is 0 Å². The minimum Gasteiger partial charge on any atom is -0.411 e. The van der Waals surface area contributed by atoms with Crippen LogP contribution in [0, 0.1) is 5.82 Å². The number of nitrogens with zero attached hydrogens (tertiary/aromatic N) is 3. The summed E-state index contributed by atoms with van der Waals surface area (Å²) in [6, 6.07) is 24.9. The third-order valence-electron chi connectivity index (χ3n) is 5.22. The second kappa shape index (κ2) is 12.1. The van der Waals surface area contributed by atoms with Crippen LogP contribution in [0.3, 0.4) is 0 Å². The molecule has 0 aromatic heterocycles. The molecule has 3 rings (SSSR count). The minimum atomic E-state index is -0.408. The van der Waals surface area contributed by atoms with Gasteiger partial charge in [0.15, 0.2) is 0 Å². The Hall–Kier alpha value is -4.00. The van der Waals surface area contributed by atoms with Crippen molar-refractivity contribution in [2.45, 2.75) is 32.4 Å². The predicted molar refractivity (Wildman–Crippen MR) is 125 cm³/mol. The average molecular weight is 448 g/mol. The molecular formula is C26H26FN3O3. The summed E-state index contributed by atoms with van der Waals surface area (Å²) in [4.78, 5) is 14.9. The summed E-state index contributed by atoms with van der Waals surface area (Å²) < 4.78 is 13.2. The maximum absolute atomic E-state index is 13.2. The Kier molecular flexibility index (Phi) is 8.71. The number of halogens is 1. The monoisotopic (exact) mass is 447 g/mol. The van der Waals surface area contributed by atoms with E-state index < -0.39 is 5.82 Å². The zero-order valence-electron chi connectivity index (χ0n) is 18.1. The minimum absolute atomic E-state index is 0.0310. The van der Waals surface area contributed by atoms with Gasteiger partial charge in [-0.05, 0) is 35.2 Å². The van der Waals surface area contributed by atoms with Gasteiger partial charge in [-0.15, -0.1) is 0 Å². The number of rotatable bonds is 10. The molecule has 33 heavy (non-hydrogen) atoms. The molecule has 0 aliphatic carbocycles. The lowest BCUT2D eigenvalue weighted by atomic mass is 10.0. The van der Waals surface area contributed by atoms with Crippen LogP contribution in [0.25, 0.3) is 0 Å². The second-order valence-corrected chi connectivity index (χ2v) is 7.62. The van der Waals surface area contributed by atoms with Gasteiger partial charge in [-0.2, -0.15) is 0 Å². The molecule has 3 aromatic carbocycles. The Morgan fingerprint density at radius 3 is 1.79 bits per heavy atom. The van der Waals surface area contributed by atoms with Crippen molar-refractivity contribution in [2.75, 3.05) is 0 Å². The predicted octanol–water partition coefficient (Wildman–Crippen LogP) is 5.23. The molecule has 0 atom stereocenters. The SMILES string of the molecule is O=C(CCC(CC(=NO)c1ccc(F)cc1)=NO)N(Cc1ccccc1)Cc1ccccc1. The summed E-state index contributed by atoms with van der Waals surface area (Å²) >= 11 is 0. The van der Waals surface area contributed by atoms with Crippen molar-refractivity contribution in [1.82, 2.24) is 4.90 Å². The standard InChI is InChI=1S/C26H26FN3O3/c27-23-13-11-22(12-14-23)25(29-33)17-24(28-32)15-16-26(31)30(18-20-7-3-1-4-8-20)19-21-9-5-2-6-10-21/h1-14,32-33H,15-19H2. The number of oxime groups is 2. The van der Waals surface area contributed by atoms with E-state index >= 15 is 0 Å². The Balaban J connectivity index is 1.66. The maximum Gasteiger partial charge on any atom is 0.223 e.